The Hall–Kier alpha value is -0.450. The molecular formula is C12H19BrN2O. The fourth-order valence-corrected chi connectivity index (χ4v) is 1.92. The second kappa shape index (κ2) is 6.99. The number of hydrogen-bond donors (Lipinski definition) is 0. The fraction of sp³-hybridized carbons (Fsp3) is 0.583. The van der Waals surface area contributed by atoms with Gasteiger partial charge in [-0.15, -0.1) is 0 Å². The summed E-state index contributed by atoms with van der Waals surface area (Å²) < 4.78 is 6.15. The summed E-state index contributed by atoms with van der Waals surface area (Å²) in [5, 5.41) is 0. The number of rotatable bonds is 6. The molecular weight excluding hydrogens is 268 g/mol. The first kappa shape index (κ1) is 13.6. The van der Waals surface area contributed by atoms with Gasteiger partial charge in [-0.2, -0.15) is 0 Å². The predicted octanol–water partition coefficient (Wildman–Crippen LogP) is 2.70. The summed E-state index contributed by atoms with van der Waals surface area (Å²) in [6.45, 7) is 7.01. The maximum absolute atomic E-state index is 5.12. The van der Waals surface area contributed by atoms with Gasteiger partial charge in [-0.05, 0) is 41.4 Å². The lowest BCUT2D eigenvalue weighted by atomic mass is 10.2. The average Bonchev–Trinajstić information content (AvgIpc) is 2.24. The number of pyridine rings is 1. The van der Waals surface area contributed by atoms with E-state index in [1.807, 2.05) is 6.20 Å². The molecule has 0 aliphatic carbocycles. The molecule has 0 radical (unpaired) electrons. The number of aromatic nitrogens is 1. The van der Waals surface area contributed by atoms with Gasteiger partial charge in [-0.1, -0.05) is 0 Å². The van der Waals surface area contributed by atoms with E-state index < -0.39 is 0 Å². The molecule has 0 bridgehead atoms. The van der Waals surface area contributed by atoms with Crippen LogP contribution in [0.5, 0.6) is 0 Å². The first-order valence-corrected chi connectivity index (χ1v) is 6.25. The zero-order valence-electron chi connectivity index (χ0n) is 10.1. The molecule has 0 unspecified atom stereocenters. The molecule has 0 aliphatic rings. The predicted molar refractivity (Wildman–Crippen MR) is 69.4 cm³/mol. The standard InChI is InChI=1S/C12H19BrN2O/c1-10(2)15(4-5-16-3)9-11-6-12(13)8-14-7-11/h6-8,10H,4-5,9H2,1-3H3. The average molecular weight is 287 g/mol. The minimum atomic E-state index is 0.508. The molecule has 0 aliphatic heterocycles. The molecule has 0 amide bonds. The highest BCUT2D eigenvalue weighted by atomic mass is 79.9. The highest BCUT2D eigenvalue weighted by molar-refractivity contribution is 9.10. The summed E-state index contributed by atoms with van der Waals surface area (Å²) in [4.78, 5) is 6.54. The molecule has 90 valence electrons. The van der Waals surface area contributed by atoms with Crippen molar-refractivity contribution in [1.29, 1.82) is 0 Å². The van der Waals surface area contributed by atoms with Crippen LogP contribution in [0.25, 0.3) is 0 Å². The van der Waals surface area contributed by atoms with Gasteiger partial charge < -0.3 is 4.74 Å². The molecule has 0 N–H and O–H groups in total. The van der Waals surface area contributed by atoms with Crippen molar-refractivity contribution in [3.8, 4) is 0 Å². The number of halogens is 1. The summed E-state index contributed by atoms with van der Waals surface area (Å²) >= 11 is 3.44. The Morgan fingerprint density at radius 2 is 2.19 bits per heavy atom. The van der Waals surface area contributed by atoms with E-state index in [1.54, 1.807) is 13.3 Å². The number of hydrogen-bond acceptors (Lipinski definition) is 3. The Balaban J connectivity index is 2.60. The lowest BCUT2D eigenvalue weighted by Gasteiger charge is -2.26. The molecule has 4 heteroatoms. The number of ether oxygens (including phenoxy) is 1. The van der Waals surface area contributed by atoms with Crippen LogP contribution < -0.4 is 0 Å². The van der Waals surface area contributed by atoms with Gasteiger partial charge in [0.05, 0.1) is 6.61 Å². The van der Waals surface area contributed by atoms with Gasteiger partial charge in [0.15, 0.2) is 0 Å². The fourth-order valence-electron chi connectivity index (χ4n) is 1.51. The molecule has 1 aromatic rings. The molecule has 0 saturated carbocycles. The Labute approximate surface area is 106 Å². The van der Waals surface area contributed by atoms with Crippen molar-refractivity contribution in [3.05, 3.63) is 28.5 Å². The zero-order valence-corrected chi connectivity index (χ0v) is 11.7. The minimum Gasteiger partial charge on any atom is -0.383 e. The Kier molecular flexibility index (Phi) is 5.95. The van der Waals surface area contributed by atoms with Crippen LogP contribution in [0.4, 0.5) is 0 Å². The van der Waals surface area contributed by atoms with E-state index >= 15 is 0 Å². The van der Waals surface area contributed by atoms with E-state index in [-0.39, 0.29) is 0 Å². The van der Waals surface area contributed by atoms with Crippen LogP contribution in [-0.2, 0) is 11.3 Å². The van der Waals surface area contributed by atoms with Crippen LogP contribution in [0.3, 0.4) is 0 Å². The lowest BCUT2D eigenvalue weighted by Crippen LogP contribution is -2.33. The van der Waals surface area contributed by atoms with Gasteiger partial charge in [-0.25, -0.2) is 0 Å². The van der Waals surface area contributed by atoms with Crippen molar-refractivity contribution >= 4 is 15.9 Å². The topological polar surface area (TPSA) is 25.4 Å². The van der Waals surface area contributed by atoms with Crippen LogP contribution in [0.1, 0.15) is 19.4 Å². The molecule has 3 nitrogen and oxygen atoms in total. The summed E-state index contributed by atoms with van der Waals surface area (Å²) in [5.74, 6) is 0. The van der Waals surface area contributed by atoms with Gasteiger partial charge in [0.1, 0.15) is 0 Å². The van der Waals surface area contributed by atoms with Gasteiger partial charge in [0, 0.05) is 43.1 Å². The third-order valence-corrected chi connectivity index (χ3v) is 2.89. The molecule has 1 aromatic heterocycles. The molecule has 1 rings (SSSR count). The molecule has 1 heterocycles. The SMILES string of the molecule is COCCN(Cc1cncc(Br)c1)C(C)C. The van der Waals surface area contributed by atoms with Crippen molar-refractivity contribution < 1.29 is 4.74 Å². The highest BCUT2D eigenvalue weighted by Crippen LogP contribution is 2.12. The normalized spacial score (nSPS) is 11.4. The monoisotopic (exact) mass is 286 g/mol. The van der Waals surface area contributed by atoms with Crippen LogP contribution >= 0.6 is 15.9 Å². The Morgan fingerprint density at radius 3 is 2.75 bits per heavy atom. The van der Waals surface area contributed by atoms with Crippen molar-refractivity contribution in [2.45, 2.75) is 26.4 Å². The van der Waals surface area contributed by atoms with Crippen molar-refractivity contribution in [3.63, 3.8) is 0 Å². The van der Waals surface area contributed by atoms with Gasteiger partial charge in [0.25, 0.3) is 0 Å². The minimum absolute atomic E-state index is 0.508. The van der Waals surface area contributed by atoms with E-state index in [9.17, 15) is 0 Å². The van der Waals surface area contributed by atoms with Crippen molar-refractivity contribution in [2.24, 2.45) is 0 Å². The molecule has 0 spiro atoms. The third kappa shape index (κ3) is 4.60. The highest BCUT2D eigenvalue weighted by Gasteiger charge is 2.09. The van der Waals surface area contributed by atoms with E-state index in [0.717, 1.165) is 24.2 Å². The Morgan fingerprint density at radius 1 is 1.44 bits per heavy atom. The maximum Gasteiger partial charge on any atom is 0.0589 e. The summed E-state index contributed by atoms with van der Waals surface area (Å²) in [6, 6.07) is 2.61. The van der Waals surface area contributed by atoms with Gasteiger partial charge in [0.2, 0.25) is 0 Å². The van der Waals surface area contributed by atoms with E-state index in [4.69, 9.17) is 4.74 Å². The molecule has 0 atom stereocenters. The summed E-state index contributed by atoms with van der Waals surface area (Å²) in [6.07, 6.45) is 3.71. The number of methoxy groups -OCH3 is 1. The summed E-state index contributed by atoms with van der Waals surface area (Å²) in [5.41, 5.74) is 1.22. The van der Waals surface area contributed by atoms with Crippen molar-refractivity contribution in [2.75, 3.05) is 20.3 Å². The van der Waals surface area contributed by atoms with Crippen LogP contribution in [-0.4, -0.2) is 36.2 Å². The first-order valence-electron chi connectivity index (χ1n) is 5.46. The molecule has 0 aromatic carbocycles. The number of nitrogens with zero attached hydrogens (tertiary/aromatic N) is 2. The van der Waals surface area contributed by atoms with Crippen LogP contribution in [0.2, 0.25) is 0 Å². The summed E-state index contributed by atoms with van der Waals surface area (Å²) in [7, 11) is 1.74. The van der Waals surface area contributed by atoms with Gasteiger partial charge >= 0.3 is 0 Å². The zero-order chi connectivity index (χ0) is 12.0. The quantitative estimate of drug-likeness (QED) is 0.804. The molecule has 0 saturated heterocycles. The maximum atomic E-state index is 5.12. The third-order valence-electron chi connectivity index (χ3n) is 2.46. The smallest absolute Gasteiger partial charge is 0.0589 e. The lowest BCUT2D eigenvalue weighted by molar-refractivity contribution is 0.125. The van der Waals surface area contributed by atoms with Crippen LogP contribution in [0.15, 0.2) is 22.9 Å². The largest absolute Gasteiger partial charge is 0.383 e. The molecule has 16 heavy (non-hydrogen) atoms. The van der Waals surface area contributed by atoms with E-state index in [0.29, 0.717) is 6.04 Å². The van der Waals surface area contributed by atoms with Gasteiger partial charge in [-0.3, -0.25) is 9.88 Å². The second-order valence-electron chi connectivity index (χ2n) is 4.07. The molecule has 0 fully saturated rings. The van der Waals surface area contributed by atoms with E-state index in [1.165, 1.54) is 5.56 Å². The van der Waals surface area contributed by atoms with Crippen LogP contribution in [0, 0.1) is 0 Å². The van der Waals surface area contributed by atoms with E-state index in [2.05, 4.69) is 45.7 Å². The Bertz CT molecular complexity index is 318. The van der Waals surface area contributed by atoms with Crippen molar-refractivity contribution in [1.82, 2.24) is 9.88 Å². The second-order valence-corrected chi connectivity index (χ2v) is 4.98. The first-order chi connectivity index (χ1) is 7.63.